The number of imidazole rings is 1. The van der Waals surface area contributed by atoms with Crippen molar-refractivity contribution in [1.82, 2.24) is 14.9 Å². The summed E-state index contributed by atoms with van der Waals surface area (Å²) in [6, 6.07) is 13.5. The highest BCUT2D eigenvalue weighted by atomic mass is 16.5. The van der Waals surface area contributed by atoms with Gasteiger partial charge in [0.1, 0.15) is 17.3 Å². The third-order valence-corrected chi connectivity index (χ3v) is 4.85. The Labute approximate surface area is 171 Å². The Kier molecular flexibility index (Phi) is 6.72. The van der Waals surface area contributed by atoms with Gasteiger partial charge in [0.15, 0.2) is 0 Å². The number of nitrogens with one attached hydrogen (secondary N) is 2. The molecule has 0 spiro atoms. The van der Waals surface area contributed by atoms with Crippen molar-refractivity contribution in [2.24, 2.45) is 0 Å². The van der Waals surface area contributed by atoms with E-state index >= 15 is 0 Å². The van der Waals surface area contributed by atoms with Gasteiger partial charge in [0.25, 0.3) is 0 Å². The van der Waals surface area contributed by atoms with E-state index in [0.717, 1.165) is 29.9 Å². The van der Waals surface area contributed by atoms with Crippen LogP contribution in [0, 0.1) is 6.92 Å². The normalized spacial score (nSPS) is 12.0. The molecule has 3 rings (SSSR count). The summed E-state index contributed by atoms with van der Waals surface area (Å²) < 4.78 is 12.7. The van der Waals surface area contributed by atoms with Crippen LogP contribution >= 0.6 is 0 Å². The topological polar surface area (TPSA) is 77.4 Å². The van der Waals surface area contributed by atoms with Crippen LogP contribution in [0.5, 0.6) is 11.5 Å². The maximum absolute atomic E-state index is 12.4. The molecule has 1 aromatic heterocycles. The minimum Gasteiger partial charge on any atom is -0.497 e. The molecule has 0 saturated heterocycles. The van der Waals surface area contributed by atoms with Crippen LogP contribution in [-0.2, 0) is 11.3 Å². The molecule has 0 radical (unpaired) electrons. The van der Waals surface area contributed by atoms with E-state index in [9.17, 15) is 4.79 Å². The van der Waals surface area contributed by atoms with Crippen molar-refractivity contribution in [1.29, 1.82) is 0 Å². The van der Waals surface area contributed by atoms with Crippen LogP contribution in [0.1, 0.15) is 19.2 Å². The molecule has 3 aromatic rings. The highest BCUT2D eigenvalue weighted by molar-refractivity contribution is 5.92. The number of rotatable bonds is 9. The monoisotopic (exact) mass is 396 g/mol. The first-order valence-corrected chi connectivity index (χ1v) is 9.69. The predicted molar refractivity (Wildman–Crippen MR) is 115 cm³/mol. The first kappa shape index (κ1) is 20.7. The van der Waals surface area contributed by atoms with Gasteiger partial charge < -0.3 is 24.7 Å². The number of para-hydroxylation sites is 2. The molecule has 7 nitrogen and oxygen atoms in total. The number of hydrogen-bond donors (Lipinski definition) is 2. The molecular weight excluding hydrogens is 368 g/mol. The van der Waals surface area contributed by atoms with Gasteiger partial charge in [-0.15, -0.1) is 0 Å². The lowest BCUT2D eigenvalue weighted by atomic mass is 10.2. The molecule has 0 aliphatic heterocycles. The van der Waals surface area contributed by atoms with Crippen LogP contribution in [0.15, 0.2) is 42.5 Å². The molecule has 2 N–H and O–H groups in total. The standard InChI is InChI=1S/C22H28N4O3/c1-15(13-22(27)25-19-14-17(28-3)9-10-21(19)29-4)23-11-12-26-16(2)24-18-7-5-6-8-20(18)26/h5-10,14-15,23H,11-13H2,1-4H3,(H,25,27). The molecule has 0 aliphatic carbocycles. The molecule has 7 heteroatoms. The number of fused-ring (bicyclic) bond motifs is 1. The third kappa shape index (κ3) is 5.06. The lowest BCUT2D eigenvalue weighted by molar-refractivity contribution is -0.116. The van der Waals surface area contributed by atoms with Crippen molar-refractivity contribution in [3.8, 4) is 11.5 Å². The Morgan fingerprint density at radius 1 is 1.17 bits per heavy atom. The molecule has 0 aliphatic rings. The number of hydrogen-bond acceptors (Lipinski definition) is 5. The Balaban J connectivity index is 1.52. The van der Waals surface area contributed by atoms with Gasteiger partial charge in [-0.2, -0.15) is 0 Å². The molecule has 1 atom stereocenters. The lowest BCUT2D eigenvalue weighted by Gasteiger charge is -2.16. The largest absolute Gasteiger partial charge is 0.497 e. The fourth-order valence-corrected chi connectivity index (χ4v) is 3.36. The second-order valence-electron chi connectivity index (χ2n) is 6.97. The van der Waals surface area contributed by atoms with E-state index in [-0.39, 0.29) is 11.9 Å². The van der Waals surface area contributed by atoms with Crippen LogP contribution in [0.2, 0.25) is 0 Å². The average Bonchev–Trinajstić information content (AvgIpc) is 3.03. The molecule has 0 fully saturated rings. The van der Waals surface area contributed by atoms with Crippen LogP contribution in [-0.4, -0.2) is 42.3 Å². The minimum atomic E-state index is -0.0826. The zero-order valence-corrected chi connectivity index (χ0v) is 17.4. The quantitative estimate of drug-likeness (QED) is 0.580. The summed E-state index contributed by atoms with van der Waals surface area (Å²) in [6.07, 6.45) is 0.351. The van der Waals surface area contributed by atoms with Gasteiger partial charge in [-0.3, -0.25) is 4.79 Å². The fourth-order valence-electron chi connectivity index (χ4n) is 3.36. The number of carbonyl (C=O) groups is 1. The number of ether oxygens (including phenoxy) is 2. The number of nitrogens with zero attached hydrogens (tertiary/aromatic N) is 2. The zero-order valence-electron chi connectivity index (χ0n) is 17.4. The van der Waals surface area contributed by atoms with E-state index in [2.05, 4.69) is 26.3 Å². The fraction of sp³-hybridized carbons (Fsp3) is 0.364. The van der Waals surface area contributed by atoms with Crippen LogP contribution in [0.4, 0.5) is 5.69 Å². The van der Waals surface area contributed by atoms with E-state index in [0.29, 0.717) is 23.6 Å². The number of benzene rings is 2. The third-order valence-electron chi connectivity index (χ3n) is 4.85. The summed E-state index contributed by atoms with van der Waals surface area (Å²) in [5, 5.41) is 6.32. The number of amides is 1. The van der Waals surface area contributed by atoms with Crippen molar-refractivity contribution in [3.05, 3.63) is 48.3 Å². The Morgan fingerprint density at radius 3 is 2.72 bits per heavy atom. The van der Waals surface area contributed by atoms with Gasteiger partial charge >= 0.3 is 0 Å². The SMILES string of the molecule is COc1ccc(OC)c(NC(=O)CC(C)NCCn2c(C)nc3ccccc32)c1. The van der Waals surface area contributed by atoms with Gasteiger partial charge in [0.05, 0.1) is 30.9 Å². The number of methoxy groups -OCH3 is 2. The molecule has 154 valence electrons. The van der Waals surface area contributed by atoms with E-state index < -0.39 is 0 Å². The second kappa shape index (κ2) is 9.43. The number of carbonyl (C=O) groups excluding carboxylic acids is 1. The van der Waals surface area contributed by atoms with Crippen molar-refractivity contribution < 1.29 is 14.3 Å². The van der Waals surface area contributed by atoms with Crippen molar-refractivity contribution in [2.45, 2.75) is 32.9 Å². The molecule has 1 amide bonds. The Morgan fingerprint density at radius 2 is 1.97 bits per heavy atom. The highest BCUT2D eigenvalue weighted by Crippen LogP contribution is 2.29. The minimum absolute atomic E-state index is 0.0293. The second-order valence-corrected chi connectivity index (χ2v) is 6.97. The first-order chi connectivity index (χ1) is 14.0. The summed E-state index contributed by atoms with van der Waals surface area (Å²) >= 11 is 0. The highest BCUT2D eigenvalue weighted by Gasteiger charge is 2.13. The van der Waals surface area contributed by atoms with Crippen molar-refractivity contribution >= 4 is 22.6 Å². The van der Waals surface area contributed by atoms with Crippen LogP contribution < -0.4 is 20.1 Å². The number of anilines is 1. The molecule has 0 saturated carbocycles. The average molecular weight is 396 g/mol. The zero-order chi connectivity index (χ0) is 20.8. The first-order valence-electron chi connectivity index (χ1n) is 9.69. The molecule has 29 heavy (non-hydrogen) atoms. The summed E-state index contributed by atoms with van der Waals surface area (Å²) in [7, 11) is 3.16. The maximum atomic E-state index is 12.4. The van der Waals surface area contributed by atoms with E-state index in [1.54, 1.807) is 32.4 Å². The molecule has 1 heterocycles. The maximum Gasteiger partial charge on any atom is 0.226 e. The summed E-state index contributed by atoms with van der Waals surface area (Å²) in [5.74, 6) is 2.17. The van der Waals surface area contributed by atoms with E-state index in [1.807, 2.05) is 32.0 Å². The molecule has 0 bridgehead atoms. The number of aryl methyl sites for hydroxylation is 1. The van der Waals surface area contributed by atoms with E-state index in [1.165, 1.54) is 0 Å². The summed E-state index contributed by atoms with van der Waals surface area (Å²) in [6.45, 7) is 5.56. The van der Waals surface area contributed by atoms with Gasteiger partial charge in [0, 0.05) is 31.6 Å². The summed E-state index contributed by atoms with van der Waals surface area (Å²) in [4.78, 5) is 17.0. The van der Waals surface area contributed by atoms with Gasteiger partial charge in [0.2, 0.25) is 5.91 Å². The molecule has 2 aromatic carbocycles. The summed E-state index contributed by atoms with van der Waals surface area (Å²) in [5.41, 5.74) is 2.73. The lowest BCUT2D eigenvalue weighted by Crippen LogP contribution is -2.33. The smallest absolute Gasteiger partial charge is 0.226 e. The Hall–Kier alpha value is -3.06. The molecular formula is C22H28N4O3. The van der Waals surface area contributed by atoms with Crippen LogP contribution in [0.25, 0.3) is 11.0 Å². The van der Waals surface area contributed by atoms with Gasteiger partial charge in [-0.25, -0.2) is 4.98 Å². The molecule has 1 unspecified atom stereocenters. The van der Waals surface area contributed by atoms with Crippen molar-refractivity contribution in [2.75, 3.05) is 26.1 Å². The predicted octanol–water partition coefficient (Wildman–Crippen LogP) is 3.37. The van der Waals surface area contributed by atoms with Crippen molar-refractivity contribution in [3.63, 3.8) is 0 Å². The van der Waals surface area contributed by atoms with E-state index in [4.69, 9.17) is 9.47 Å². The number of aromatic nitrogens is 2. The van der Waals surface area contributed by atoms with Gasteiger partial charge in [-0.1, -0.05) is 12.1 Å². The van der Waals surface area contributed by atoms with Gasteiger partial charge in [-0.05, 0) is 38.1 Å². The Bertz CT molecular complexity index is 983. The van der Waals surface area contributed by atoms with Crippen LogP contribution in [0.3, 0.4) is 0 Å².